The molecular weight excluding hydrogens is 791 g/mol. The SMILES string of the molecule is CC(C)Cc1cc(-c2[c-]cccc2)nc[c]1[Ge]([CH3])([CH3])[CH3].Cc1cc2oc3c(-c4cc(CC(C)C)ccn4)[c-]ccc3c2cn1.[Ir]. The second-order valence-corrected chi connectivity index (χ2v) is 24.1. The Morgan fingerprint density at radius 3 is 2.24 bits per heavy atom. The zero-order chi connectivity index (χ0) is 31.4. The summed E-state index contributed by atoms with van der Waals surface area (Å²) in [5, 5.41) is 2.09. The smallest absolute Gasteiger partial charge is 0.124 e. The van der Waals surface area contributed by atoms with E-state index in [9.17, 15) is 0 Å². The van der Waals surface area contributed by atoms with E-state index in [0.717, 1.165) is 63.0 Å². The summed E-state index contributed by atoms with van der Waals surface area (Å²) in [6.07, 6.45) is 8.06. The van der Waals surface area contributed by atoms with Crippen LogP contribution in [0.2, 0.25) is 17.3 Å². The van der Waals surface area contributed by atoms with Gasteiger partial charge in [0.2, 0.25) is 0 Å². The Hall–Kier alpha value is -3.12. The molecule has 0 N–H and O–H groups in total. The Morgan fingerprint density at radius 1 is 0.778 bits per heavy atom. The van der Waals surface area contributed by atoms with Gasteiger partial charge in [0.25, 0.3) is 0 Å². The summed E-state index contributed by atoms with van der Waals surface area (Å²) in [6, 6.07) is 27.1. The molecule has 0 fully saturated rings. The van der Waals surface area contributed by atoms with Crippen LogP contribution in [0, 0.1) is 30.9 Å². The van der Waals surface area contributed by atoms with Gasteiger partial charge >= 0.3 is 126 Å². The summed E-state index contributed by atoms with van der Waals surface area (Å²) in [5.41, 5.74) is 9.37. The van der Waals surface area contributed by atoms with E-state index in [1.807, 2.05) is 55.7 Å². The first-order chi connectivity index (χ1) is 21.0. The minimum absolute atomic E-state index is 0. The summed E-state index contributed by atoms with van der Waals surface area (Å²) >= 11 is -1.86. The molecule has 0 saturated carbocycles. The Labute approximate surface area is 284 Å². The molecule has 6 aromatic rings. The van der Waals surface area contributed by atoms with Crippen LogP contribution in [0.15, 0.2) is 83.7 Å². The Kier molecular flexibility index (Phi) is 11.6. The number of pyridine rings is 3. The van der Waals surface area contributed by atoms with Crippen molar-refractivity contribution in [1.82, 2.24) is 15.0 Å². The van der Waals surface area contributed by atoms with Crippen molar-refractivity contribution in [2.24, 2.45) is 11.8 Å². The van der Waals surface area contributed by atoms with Crippen LogP contribution in [-0.4, -0.2) is 28.2 Å². The van der Waals surface area contributed by atoms with Gasteiger partial charge in [-0.2, -0.15) is 0 Å². The van der Waals surface area contributed by atoms with E-state index in [4.69, 9.17) is 9.40 Å². The number of benzene rings is 2. The Morgan fingerprint density at radius 2 is 1.56 bits per heavy atom. The van der Waals surface area contributed by atoms with Gasteiger partial charge in [-0.3, -0.25) is 4.98 Å². The van der Waals surface area contributed by atoms with Crippen molar-refractivity contribution in [3.63, 3.8) is 0 Å². The third kappa shape index (κ3) is 8.58. The number of hydrogen-bond donors (Lipinski definition) is 0. The normalized spacial score (nSPS) is 11.5. The Balaban J connectivity index is 0.000000204. The van der Waals surface area contributed by atoms with Gasteiger partial charge in [0.05, 0.1) is 5.58 Å². The molecule has 0 aliphatic rings. The fourth-order valence-corrected chi connectivity index (χ4v) is 8.95. The zero-order valence-electron chi connectivity index (χ0n) is 27.7. The molecule has 0 saturated heterocycles. The van der Waals surface area contributed by atoms with Crippen LogP contribution in [0.5, 0.6) is 0 Å². The van der Waals surface area contributed by atoms with Crippen molar-refractivity contribution >= 4 is 39.6 Å². The van der Waals surface area contributed by atoms with Gasteiger partial charge in [-0.15, -0.1) is 18.2 Å². The summed E-state index contributed by atoms with van der Waals surface area (Å²) in [4.78, 5) is 13.6. The third-order valence-electron chi connectivity index (χ3n) is 7.59. The first kappa shape index (κ1) is 34.7. The van der Waals surface area contributed by atoms with E-state index in [0.29, 0.717) is 11.8 Å². The maximum atomic E-state index is 6.13. The van der Waals surface area contributed by atoms with Gasteiger partial charge in [0, 0.05) is 49.6 Å². The van der Waals surface area contributed by atoms with Crippen molar-refractivity contribution in [2.45, 2.75) is 64.7 Å². The van der Waals surface area contributed by atoms with Crippen LogP contribution < -0.4 is 4.40 Å². The van der Waals surface area contributed by atoms with Crippen LogP contribution in [0.25, 0.3) is 44.5 Å². The topological polar surface area (TPSA) is 51.8 Å². The summed E-state index contributed by atoms with van der Waals surface area (Å²) in [5.74, 6) is 8.60. The quantitative estimate of drug-likeness (QED) is 0.119. The first-order valence-corrected chi connectivity index (χ1v) is 22.9. The van der Waals surface area contributed by atoms with Crippen LogP contribution in [0.1, 0.15) is 44.5 Å². The fourth-order valence-electron chi connectivity index (χ4n) is 5.61. The molecule has 0 atom stereocenters. The maximum absolute atomic E-state index is 6.13. The number of aryl methyl sites for hydroxylation is 1. The van der Waals surface area contributed by atoms with E-state index in [2.05, 4.69) is 97.5 Å². The molecule has 0 unspecified atom stereocenters. The monoisotopic (exact) mass is 836 g/mol. The maximum Gasteiger partial charge on any atom is 0.124 e. The van der Waals surface area contributed by atoms with E-state index >= 15 is 0 Å². The van der Waals surface area contributed by atoms with Gasteiger partial charge in [0.15, 0.2) is 0 Å². The summed E-state index contributed by atoms with van der Waals surface area (Å²) in [6.45, 7) is 11.0. The largest absolute Gasteiger partial charge is 0.500 e. The zero-order valence-corrected chi connectivity index (χ0v) is 32.2. The predicted octanol–water partition coefficient (Wildman–Crippen LogP) is 9.64. The summed E-state index contributed by atoms with van der Waals surface area (Å²) < 4.78 is 7.67. The molecular formula is C39H43GeIrN3O-2. The molecule has 6 heteroatoms. The molecule has 45 heavy (non-hydrogen) atoms. The van der Waals surface area contributed by atoms with E-state index in [1.165, 1.54) is 11.1 Å². The molecule has 0 bridgehead atoms. The molecule has 0 aliphatic carbocycles. The number of fused-ring (bicyclic) bond motifs is 3. The van der Waals surface area contributed by atoms with Gasteiger partial charge in [-0.25, -0.2) is 0 Å². The average Bonchev–Trinajstić information content (AvgIpc) is 3.34. The molecule has 6 rings (SSSR count). The minimum atomic E-state index is -1.86. The third-order valence-corrected chi connectivity index (χ3v) is 11.9. The van der Waals surface area contributed by atoms with Crippen LogP contribution >= 0.6 is 0 Å². The molecule has 4 nitrogen and oxygen atoms in total. The van der Waals surface area contributed by atoms with Gasteiger partial charge in [0.1, 0.15) is 5.58 Å². The Bertz CT molecular complexity index is 1870. The van der Waals surface area contributed by atoms with Crippen molar-refractivity contribution in [2.75, 3.05) is 0 Å². The second-order valence-electron chi connectivity index (χ2n) is 13.5. The minimum Gasteiger partial charge on any atom is -0.500 e. The number of aromatic nitrogens is 3. The fraction of sp³-hybridized carbons (Fsp3) is 0.308. The van der Waals surface area contributed by atoms with Crippen LogP contribution in [0.4, 0.5) is 0 Å². The van der Waals surface area contributed by atoms with Crippen LogP contribution in [0.3, 0.4) is 0 Å². The number of hydrogen-bond acceptors (Lipinski definition) is 4. The van der Waals surface area contributed by atoms with Crippen molar-refractivity contribution in [1.29, 1.82) is 0 Å². The van der Waals surface area contributed by atoms with Crippen molar-refractivity contribution in [3.05, 3.63) is 108 Å². The van der Waals surface area contributed by atoms with Crippen LogP contribution in [-0.2, 0) is 32.9 Å². The second kappa shape index (κ2) is 15.0. The number of furan rings is 1. The van der Waals surface area contributed by atoms with Gasteiger partial charge in [-0.1, -0.05) is 36.4 Å². The standard InChI is InChI=1S/C21H19N2O.C18H24GeN.Ir/c1-13(2)9-15-7-8-22-19(11-15)17-6-4-5-16-18-12-23-14(3)10-20(18)24-21(16)17;1-14(2)11-16-12-18(15-9-7-6-8-10-15)20-13-17(16)19(3,4)5;/h4-5,7-8,10-13H,9H2,1-3H3;6-9,12-14H,11H2,1-5H3;/q2*-1;. The molecule has 4 heterocycles. The van der Waals surface area contributed by atoms with Crippen molar-refractivity contribution < 1.29 is 24.5 Å². The number of rotatable bonds is 7. The molecule has 2 aromatic carbocycles. The summed E-state index contributed by atoms with van der Waals surface area (Å²) in [7, 11) is 0. The molecule has 0 aliphatic heterocycles. The predicted molar refractivity (Wildman–Crippen MR) is 187 cm³/mol. The first-order valence-electron chi connectivity index (χ1n) is 15.6. The van der Waals surface area contributed by atoms with E-state index < -0.39 is 13.3 Å². The molecule has 0 amide bonds. The molecule has 235 valence electrons. The average molecular weight is 835 g/mol. The number of nitrogens with zero attached hydrogens (tertiary/aromatic N) is 3. The van der Waals surface area contributed by atoms with Gasteiger partial charge in [-0.05, 0) is 31.0 Å². The molecule has 4 aromatic heterocycles. The van der Waals surface area contributed by atoms with E-state index in [1.54, 1.807) is 4.40 Å². The molecule has 0 spiro atoms. The van der Waals surface area contributed by atoms with Crippen molar-refractivity contribution in [3.8, 4) is 22.5 Å². The molecule has 1 radical (unpaired) electrons. The van der Waals surface area contributed by atoms with Gasteiger partial charge < -0.3 is 9.40 Å². The van der Waals surface area contributed by atoms with E-state index in [-0.39, 0.29) is 20.1 Å².